The second kappa shape index (κ2) is 11.6. The molecule has 12 rings (SSSR count). The lowest BCUT2D eigenvalue weighted by Gasteiger charge is -2.27. The molecule has 2 N–H and O–H groups in total. The molecule has 2 aliphatic heterocycles. The fourth-order valence-corrected chi connectivity index (χ4v) is 9.08. The number of dihydropyridines is 1. The number of rotatable bonds is 4. The normalized spacial score (nSPS) is 15.5. The predicted molar refractivity (Wildman–Crippen MR) is 230 cm³/mol. The third-order valence-electron chi connectivity index (χ3n) is 11.5. The Balaban J connectivity index is 1.16. The zero-order chi connectivity index (χ0) is 36.0. The molecule has 1 atom stereocenters. The Bertz CT molecular complexity index is 3280. The van der Waals surface area contributed by atoms with Crippen LogP contribution >= 0.6 is 0 Å². The zero-order valence-electron chi connectivity index (χ0n) is 29.8. The summed E-state index contributed by atoms with van der Waals surface area (Å²) in [5.41, 5.74) is 13.5. The number of aromatic nitrogens is 2. The van der Waals surface area contributed by atoms with E-state index in [2.05, 4.69) is 190 Å². The second-order valence-corrected chi connectivity index (χ2v) is 14.6. The SMILES string of the molecule is C1=Cc2ccc(C3C=C(c4ccccc4)C=C(n4c5ccccc5c5c4ccc4c6c7oc8ccccc8c7ccc6n(-c6ccccc6)c45)N3)cc2NC1. The lowest BCUT2D eigenvalue weighted by atomic mass is 9.94. The largest absolute Gasteiger partial charge is 0.455 e. The monoisotopic (exact) mass is 706 g/mol. The Kier molecular flexibility index (Phi) is 6.39. The molecule has 0 aliphatic carbocycles. The van der Waals surface area contributed by atoms with Crippen LogP contribution in [0.1, 0.15) is 22.7 Å². The van der Waals surface area contributed by atoms with E-state index in [-0.39, 0.29) is 6.04 Å². The van der Waals surface area contributed by atoms with Crippen LogP contribution in [-0.4, -0.2) is 15.7 Å². The van der Waals surface area contributed by atoms with Crippen molar-refractivity contribution in [1.29, 1.82) is 0 Å². The van der Waals surface area contributed by atoms with Crippen molar-refractivity contribution in [3.8, 4) is 5.69 Å². The van der Waals surface area contributed by atoms with E-state index in [0.29, 0.717) is 0 Å². The summed E-state index contributed by atoms with van der Waals surface area (Å²) in [4.78, 5) is 0. The van der Waals surface area contributed by atoms with Gasteiger partial charge in [0.25, 0.3) is 0 Å². The number of anilines is 1. The lowest BCUT2D eigenvalue weighted by molar-refractivity contribution is 0.673. The summed E-state index contributed by atoms with van der Waals surface area (Å²) in [6.45, 7) is 0.836. The molecule has 0 saturated carbocycles. The summed E-state index contributed by atoms with van der Waals surface area (Å²) < 4.78 is 11.6. The first-order valence-corrected chi connectivity index (χ1v) is 18.9. The highest BCUT2D eigenvalue weighted by molar-refractivity contribution is 6.31. The highest BCUT2D eigenvalue weighted by atomic mass is 16.3. The topological polar surface area (TPSA) is 47.1 Å². The molecule has 5 nitrogen and oxygen atoms in total. The van der Waals surface area contributed by atoms with Crippen LogP contribution in [0.25, 0.3) is 88.7 Å². The number of furan rings is 1. The van der Waals surface area contributed by atoms with Gasteiger partial charge in [-0.25, -0.2) is 0 Å². The van der Waals surface area contributed by atoms with Gasteiger partial charge >= 0.3 is 0 Å². The average Bonchev–Trinajstić information content (AvgIpc) is 3.91. The van der Waals surface area contributed by atoms with Crippen molar-refractivity contribution >= 4 is 88.7 Å². The highest BCUT2D eigenvalue weighted by Gasteiger charge is 2.26. The van der Waals surface area contributed by atoms with Crippen molar-refractivity contribution in [3.05, 3.63) is 187 Å². The van der Waals surface area contributed by atoms with Gasteiger partial charge < -0.3 is 19.6 Å². The number of nitrogens with one attached hydrogen (secondary N) is 2. The summed E-state index contributed by atoms with van der Waals surface area (Å²) in [5.74, 6) is 1.03. The molecule has 3 aromatic heterocycles. The molecule has 1 unspecified atom stereocenters. The maximum Gasteiger partial charge on any atom is 0.145 e. The van der Waals surface area contributed by atoms with Crippen LogP contribution < -0.4 is 10.6 Å². The van der Waals surface area contributed by atoms with Crippen LogP contribution in [0.4, 0.5) is 5.69 Å². The molecule has 0 bridgehead atoms. The number of nitrogens with zero attached hydrogens (tertiary/aromatic N) is 2. The van der Waals surface area contributed by atoms with E-state index in [1.54, 1.807) is 0 Å². The fourth-order valence-electron chi connectivity index (χ4n) is 9.08. The molecule has 0 saturated heterocycles. The summed E-state index contributed by atoms with van der Waals surface area (Å²) in [5, 5.41) is 14.5. The Labute approximate surface area is 316 Å². The standard InChI is InChI=1S/C50H34N4O/c1-3-12-31(13-4-1)34-29-41(33-22-21-32-14-11-27-51-40(32)28-33)52-46(30-34)54-42-19-9-7-18-38(42)47-43(54)26-24-39-48-44(53(49(39)47)35-15-5-2-6-16-35)25-23-37-36-17-8-10-20-45(36)55-50(37)48/h1-26,28-30,41,51-52H,27H2. The molecule has 2 aliphatic rings. The van der Waals surface area contributed by atoms with Crippen molar-refractivity contribution in [1.82, 2.24) is 14.5 Å². The van der Waals surface area contributed by atoms with Crippen LogP contribution in [-0.2, 0) is 0 Å². The van der Waals surface area contributed by atoms with Crippen LogP contribution in [0.5, 0.6) is 0 Å². The molecule has 55 heavy (non-hydrogen) atoms. The number of allylic oxidation sites excluding steroid dienone is 2. The molecule has 7 aromatic carbocycles. The average molecular weight is 707 g/mol. The van der Waals surface area contributed by atoms with Gasteiger partial charge in [-0.1, -0.05) is 109 Å². The molecule has 10 aromatic rings. The summed E-state index contributed by atoms with van der Waals surface area (Å²) in [7, 11) is 0. The van der Waals surface area contributed by atoms with E-state index in [9.17, 15) is 0 Å². The number of para-hydroxylation sites is 3. The minimum atomic E-state index is -0.0507. The van der Waals surface area contributed by atoms with Gasteiger partial charge in [0.1, 0.15) is 17.0 Å². The van der Waals surface area contributed by atoms with Crippen molar-refractivity contribution in [3.63, 3.8) is 0 Å². The summed E-state index contributed by atoms with van der Waals surface area (Å²) in [6.07, 6.45) is 9.04. The van der Waals surface area contributed by atoms with E-state index in [0.717, 1.165) is 61.9 Å². The molecule has 0 amide bonds. The van der Waals surface area contributed by atoms with Gasteiger partial charge in [0, 0.05) is 44.9 Å². The van der Waals surface area contributed by atoms with Gasteiger partial charge in [-0.2, -0.15) is 0 Å². The maximum atomic E-state index is 6.71. The molecule has 260 valence electrons. The predicted octanol–water partition coefficient (Wildman–Crippen LogP) is 12.5. The van der Waals surface area contributed by atoms with Crippen LogP contribution in [0.3, 0.4) is 0 Å². The van der Waals surface area contributed by atoms with Gasteiger partial charge in [-0.3, -0.25) is 4.57 Å². The lowest BCUT2D eigenvalue weighted by Crippen LogP contribution is -2.25. The van der Waals surface area contributed by atoms with E-state index < -0.39 is 0 Å². The van der Waals surface area contributed by atoms with Crippen LogP contribution in [0.2, 0.25) is 0 Å². The van der Waals surface area contributed by atoms with Gasteiger partial charge in [0.2, 0.25) is 0 Å². The minimum Gasteiger partial charge on any atom is -0.455 e. The zero-order valence-corrected chi connectivity index (χ0v) is 29.8. The first-order valence-electron chi connectivity index (χ1n) is 18.9. The van der Waals surface area contributed by atoms with Crippen molar-refractivity contribution in [2.45, 2.75) is 6.04 Å². The minimum absolute atomic E-state index is 0.0507. The van der Waals surface area contributed by atoms with Crippen LogP contribution in [0, 0.1) is 0 Å². The molecular formula is C50H34N4O. The van der Waals surface area contributed by atoms with Crippen molar-refractivity contribution in [2.75, 3.05) is 11.9 Å². The Morgan fingerprint density at radius 1 is 0.600 bits per heavy atom. The molecule has 0 fully saturated rings. The Morgan fingerprint density at radius 3 is 2.22 bits per heavy atom. The number of benzene rings is 7. The van der Waals surface area contributed by atoms with E-state index in [1.165, 1.54) is 49.6 Å². The smallest absolute Gasteiger partial charge is 0.145 e. The van der Waals surface area contributed by atoms with Crippen LogP contribution in [0.15, 0.2) is 174 Å². The van der Waals surface area contributed by atoms with Gasteiger partial charge in [-0.05, 0) is 89.0 Å². The second-order valence-electron chi connectivity index (χ2n) is 14.6. The van der Waals surface area contributed by atoms with Crippen molar-refractivity contribution < 1.29 is 4.42 Å². The van der Waals surface area contributed by atoms with E-state index >= 15 is 0 Å². The van der Waals surface area contributed by atoms with Gasteiger partial charge in [0.15, 0.2) is 0 Å². The quantitative estimate of drug-likeness (QED) is 0.192. The van der Waals surface area contributed by atoms with Gasteiger partial charge in [0.05, 0.1) is 33.5 Å². The Hall–Kier alpha value is -7.24. The number of hydrogen-bond acceptors (Lipinski definition) is 3. The third kappa shape index (κ3) is 4.47. The molecule has 5 heteroatoms. The first-order chi connectivity index (χ1) is 27.3. The van der Waals surface area contributed by atoms with Gasteiger partial charge in [-0.15, -0.1) is 0 Å². The third-order valence-corrected chi connectivity index (χ3v) is 11.5. The molecule has 5 heterocycles. The molecule has 0 radical (unpaired) electrons. The molecular weight excluding hydrogens is 673 g/mol. The van der Waals surface area contributed by atoms with Crippen molar-refractivity contribution in [2.24, 2.45) is 0 Å². The van der Waals surface area contributed by atoms with E-state index in [4.69, 9.17) is 4.42 Å². The maximum absolute atomic E-state index is 6.71. The number of hydrogen-bond donors (Lipinski definition) is 2. The fraction of sp³-hybridized carbons (Fsp3) is 0.0400. The highest BCUT2D eigenvalue weighted by Crippen LogP contribution is 2.46. The summed E-state index contributed by atoms with van der Waals surface area (Å²) in [6, 6.07) is 54.5. The summed E-state index contributed by atoms with van der Waals surface area (Å²) >= 11 is 0. The number of fused-ring (bicyclic) bond motifs is 12. The molecule has 0 spiro atoms. The first kappa shape index (κ1) is 30.2. The Morgan fingerprint density at radius 2 is 1.35 bits per heavy atom. The van der Waals surface area contributed by atoms with E-state index in [1.807, 2.05) is 6.07 Å².